The first-order valence-electron chi connectivity index (χ1n) is 7.09. The van der Waals surface area contributed by atoms with E-state index in [1.807, 2.05) is 5.32 Å². The maximum Gasteiger partial charge on any atom is 0.263 e. The number of amides is 2. The zero-order chi connectivity index (χ0) is 17.9. The molecule has 1 unspecified atom stereocenters. The molecule has 3 rings (SSSR count). The molecule has 1 aliphatic heterocycles. The SMILES string of the molecule is [B]C1([B])CC([B])(n2c(C)nc3cccc(N)c3c2=O)C(=O)NC1=O. The molecule has 1 aromatic carbocycles. The second-order valence-corrected chi connectivity index (χ2v) is 5.97. The van der Waals surface area contributed by atoms with Gasteiger partial charge in [0.1, 0.15) is 13.7 Å². The highest BCUT2D eigenvalue weighted by Gasteiger charge is 2.49. The number of hydrogen-bond acceptors (Lipinski definition) is 5. The first kappa shape index (κ1) is 16.4. The summed E-state index contributed by atoms with van der Waals surface area (Å²) in [5.74, 6) is -1.59. The second-order valence-electron chi connectivity index (χ2n) is 5.97. The lowest BCUT2D eigenvalue weighted by Crippen LogP contribution is -2.63. The lowest BCUT2D eigenvalue weighted by Gasteiger charge is -2.43. The fraction of sp³-hybridized carbons (Fsp3) is 0.286. The first-order valence-corrected chi connectivity index (χ1v) is 7.09. The van der Waals surface area contributed by atoms with Crippen molar-refractivity contribution in [1.29, 1.82) is 0 Å². The molecule has 114 valence electrons. The predicted octanol–water partition coefficient (Wildman–Crippen LogP) is -1.39. The van der Waals surface area contributed by atoms with Crippen LogP contribution in [-0.4, -0.2) is 44.9 Å². The van der Waals surface area contributed by atoms with Crippen molar-refractivity contribution in [3.63, 3.8) is 0 Å². The lowest BCUT2D eigenvalue weighted by atomic mass is 9.45. The molecule has 3 N–H and O–H groups in total. The highest BCUT2D eigenvalue weighted by Crippen LogP contribution is 2.36. The summed E-state index contributed by atoms with van der Waals surface area (Å²) in [5.41, 5.74) is 3.85. The largest absolute Gasteiger partial charge is 0.398 e. The van der Waals surface area contributed by atoms with Crippen molar-refractivity contribution in [3.8, 4) is 0 Å². The molecule has 0 bridgehead atoms. The Morgan fingerprint density at radius 2 is 1.88 bits per heavy atom. The third-order valence-electron chi connectivity index (χ3n) is 4.10. The molecule has 1 aromatic heterocycles. The fourth-order valence-electron chi connectivity index (χ4n) is 2.95. The average molecular weight is 316 g/mol. The van der Waals surface area contributed by atoms with Crippen LogP contribution in [0.15, 0.2) is 23.0 Å². The maximum atomic E-state index is 12.9. The van der Waals surface area contributed by atoms with Gasteiger partial charge in [-0.1, -0.05) is 6.07 Å². The van der Waals surface area contributed by atoms with Crippen LogP contribution >= 0.6 is 0 Å². The van der Waals surface area contributed by atoms with E-state index in [2.05, 4.69) is 4.98 Å². The van der Waals surface area contributed by atoms with Crippen molar-refractivity contribution in [2.75, 3.05) is 5.73 Å². The van der Waals surface area contributed by atoms with E-state index in [9.17, 15) is 14.4 Å². The summed E-state index contributed by atoms with van der Waals surface area (Å²) in [7, 11) is 17.6. The van der Waals surface area contributed by atoms with Crippen molar-refractivity contribution in [3.05, 3.63) is 34.4 Å². The van der Waals surface area contributed by atoms with E-state index >= 15 is 0 Å². The zero-order valence-electron chi connectivity index (χ0n) is 12.9. The molecule has 0 aliphatic carbocycles. The summed E-state index contributed by atoms with van der Waals surface area (Å²) in [6.45, 7) is 1.51. The van der Waals surface area contributed by atoms with Gasteiger partial charge in [0.15, 0.2) is 0 Å². The van der Waals surface area contributed by atoms with Crippen molar-refractivity contribution in [1.82, 2.24) is 14.9 Å². The Balaban J connectivity index is 2.33. The van der Waals surface area contributed by atoms with E-state index in [1.54, 1.807) is 12.1 Å². The van der Waals surface area contributed by atoms with Crippen LogP contribution in [-0.2, 0) is 15.0 Å². The van der Waals surface area contributed by atoms with Crippen LogP contribution in [0, 0.1) is 6.92 Å². The van der Waals surface area contributed by atoms with Crippen molar-refractivity contribution in [2.45, 2.75) is 24.0 Å². The van der Waals surface area contributed by atoms with Crippen LogP contribution in [0.3, 0.4) is 0 Å². The average Bonchev–Trinajstić information content (AvgIpc) is 2.44. The van der Waals surface area contributed by atoms with Crippen LogP contribution in [0.5, 0.6) is 0 Å². The number of nitrogens with one attached hydrogen (secondary N) is 1. The Morgan fingerprint density at radius 3 is 2.54 bits per heavy atom. The van der Waals surface area contributed by atoms with E-state index in [-0.39, 0.29) is 16.9 Å². The number of imide groups is 1. The van der Waals surface area contributed by atoms with Crippen LogP contribution in [0.4, 0.5) is 5.69 Å². The fourth-order valence-corrected chi connectivity index (χ4v) is 2.95. The highest BCUT2D eigenvalue weighted by molar-refractivity contribution is 6.53. The third-order valence-corrected chi connectivity index (χ3v) is 4.10. The summed E-state index contributed by atoms with van der Waals surface area (Å²) in [5, 5.41) is 0.216. The van der Waals surface area contributed by atoms with Gasteiger partial charge in [-0.05, 0) is 30.7 Å². The molecule has 1 saturated heterocycles. The van der Waals surface area contributed by atoms with Crippen LogP contribution < -0.4 is 16.6 Å². The molecule has 1 aliphatic rings. The van der Waals surface area contributed by atoms with Gasteiger partial charge in [0.2, 0.25) is 11.8 Å². The van der Waals surface area contributed by atoms with E-state index in [0.717, 1.165) is 4.57 Å². The molecule has 10 heteroatoms. The molecule has 2 amide bonds. The van der Waals surface area contributed by atoms with Gasteiger partial charge in [-0.2, -0.15) is 0 Å². The molecule has 2 heterocycles. The van der Waals surface area contributed by atoms with Gasteiger partial charge in [0.25, 0.3) is 5.56 Å². The number of carbonyl (C=O) groups excluding carboxylic acids is 2. The number of hydrogen-bond donors (Lipinski definition) is 2. The molecule has 0 saturated carbocycles. The summed E-state index contributed by atoms with van der Waals surface area (Å²) < 4.78 is 0.974. The molecular weight excluding hydrogens is 305 g/mol. The Hall–Kier alpha value is -2.51. The predicted molar refractivity (Wildman–Crippen MR) is 90.8 cm³/mol. The molecule has 24 heavy (non-hydrogen) atoms. The zero-order valence-corrected chi connectivity index (χ0v) is 12.9. The number of nitrogen functional groups attached to an aromatic ring is 1. The van der Waals surface area contributed by atoms with Crippen LogP contribution in [0.25, 0.3) is 10.9 Å². The maximum absolute atomic E-state index is 12.9. The van der Waals surface area contributed by atoms with E-state index in [4.69, 9.17) is 29.3 Å². The van der Waals surface area contributed by atoms with E-state index in [0.29, 0.717) is 5.52 Å². The minimum atomic E-state index is -1.97. The molecule has 1 fully saturated rings. The summed E-state index contributed by atoms with van der Waals surface area (Å²) >= 11 is 0. The third kappa shape index (κ3) is 2.17. The molecular formula is C14H11B3N4O3. The number of rotatable bonds is 1. The smallest absolute Gasteiger partial charge is 0.263 e. The number of aromatic nitrogens is 2. The highest BCUT2D eigenvalue weighted by atomic mass is 16.2. The van der Waals surface area contributed by atoms with Crippen LogP contribution in [0.1, 0.15) is 12.2 Å². The molecule has 6 radical (unpaired) electrons. The van der Waals surface area contributed by atoms with Gasteiger partial charge in [-0.15, -0.1) is 0 Å². The van der Waals surface area contributed by atoms with Crippen LogP contribution in [0.2, 0.25) is 5.21 Å². The summed E-state index contributed by atoms with van der Waals surface area (Å²) in [6, 6.07) is 4.81. The van der Waals surface area contributed by atoms with Gasteiger partial charge < -0.3 is 5.73 Å². The van der Waals surface area contributed by atoms with Crippen molar-refractivity contribution >= 4 is 51.9 Å². The number of aryl methyl sites for hydroxylation is 1. The lowest BCUT2D eigenvalue weighted by molar-refractivity contribution is -0.138. The topological polar surface area (TPSA) is 107 Å². The normalized spacial score (nSPS) is 23.2. The number of nitrogens with zero attached hydrogens (tertiary/aromatic N) is 2. The van der Waals surface area contributed by atoms with Gasteiger partial charge in [0, 0.05) is 5.69 Å². The number of anilines is 1. The number of benzene rings is 1. The molecule has 7 nitrogen and oxygen atoms in total. The molecule has 2 aromatic rings. The van der Waals surface area contributed by atoms with E-state index < -0.39 is 34.4 Å². The van der Waals surface area contributed by atoms with Crippen molar-refractivity contribution < 1.29 is 9.59 Å². The quantitative estimate of drug-likeness (QED) is 0.383. The Bertz CT molecular complexity index is 956. The van der Waals surface area contributed by atoms with Gasteiger partial charge in [-0.25, -0.2) is 4.98 Å². The van der Waals surface area contributed by atoms with Crippen molar-refractivity contribution in [2.24, 2.45) is 0 Å². The molecule has 1 atom stereocenters. The minimum Gasteiger partial charge on any atom is -0.398 e. The first-order chi connectivity index (χ1) is 11.1. The second kappa shape index (κ2) is 4.99. The molecule has 0 spiro atoms. The van der Waals surface area contributed by atoms with Gasteiger partial charge >= 0.3 is 0 Å². The van der Waals surface area contributed by atoms with E-state index in [1.165, 1.54) is 13.0 Å². The number of carbonyl (C=O) groups is 2. The van der Waals surface area contributed by atoms with Gasteiger partial charge in [-0.3, -0.25) is 24.3 Å². The standard InChI is InChI=1S/C14H11B3N4O3/c1-6-19-8-4-2-3-7(18)9(8)10(22)21(6)14(17)5-13(15,16)11(23)20-12(14)24/h2-4H,5,18H2,1H3,(H,20,23,24). The Labute approximate surface area is 141 Å². The summed E-state index contributed by atoms with van der Waals surface area (Å²) in [6.07, 6.45) is -0.467. The summed E-state index contributed by atoms with van der Waals surface area (Å²) in [4.78, 5) is 41.3. The Morgan fingerprint density at radius 1 is 1.21 bits per heavy atom. The van der Waals surface area contributed by atoms with Gasteiger partial charge in [0.05, 0.1) is 32.0 Å². The number of nitrogens with two attached hydrogens (primary N) is 1. The monoisotopic (exact) mass is 316 g/mol. The minimum absolute atomic E-state index is 0.122. The number of piperidine rings is 1. The number of fused-ring (bicyclic) bond motifs is 1. The Kier molecular flexibility index (Phi) is 3.40.